The third kappa shape index (κ3) is 2.63. The number of carbonyl (C=O) groups is 1. The molecule has 0 bridgehead atoms. The lowest BCUT2D eigenvalue weighted by atomic mass is 9.93. The summed E-state index contributed by atoms with van der Waals surface area (Å²) in [5.41, 5.74) is -4.99. The number of aliphatic hydroxyl groups is 1. The second-order valence-electron chi connectivity index (χ2n) is 5.88. The normalized spacial score (nSPS) is 19.3. The van der Waals surface area contributed by atoms with Crippen molar-refractivity contribution < 1.29 is 41.9 Å². The summed E-state index contributed by atoms with van der Waals surface area (Å²) >= 11 is 0. The molecule has 0 amide bonds. The Labute approximate surface area is 143 Å². The molecule has 1 saturated carbocycles. The van der Waals surface area contributed by atoms with Crippen LogP contribution in [0.4, 0.5) is 23.2 Å². The summed E-state index contributed by atoms with van der Waals surface area (Å²) in [6, 6.07) is 0. The van der Waals surface area contributed by atoms with Gasteiger partial charge >= 0.3 is 11.7 Å². The van der Waals surface area contributed by atoms with Gasteiger partial charge in [0.25, 0.3) is 11.7 Å². The van der Waals surface area contributed by atoms with E-state index in [-0.39, 0.29) is 12.8 Å². The number of nitrogens with zero attached hydrogens (tertiary/aromatic N) is 1. The van der Waals surface area contributed by atoms with Gasteiger partial charge in [-0.1, -0.05) is 6.42 Å². The van der Waals surface area contributed by atoms with E-state index in [4.69, 9.17) is 9.47 Å². The van der Waals surface area contributed by atoms with Crippen LogP contribution >= 0.6 is 0 Å². The molecule has 0 aromatic heterocycles. The van der Waals surface area contributed by atoms with Gasteiger partial charge in [-0.3, -0.25) is 10.1 Å². The average Bonchev–Trinajstić information content (AvgIpc) is 2.56. The van der Waals surface area contributed by atoms with Crippen LogP contribution in [0, 0.1) is 33.4 Å². The number of hydrogen-bond donors (Lipinski definition) is 1. The minimum atomic E-state index is -2.32. The van der Waals surface area contributed by atoms with Gasteiger partial charge in [-0.05, 0) is 12.8 Å². The SMILES string of the molecule is O=C1OC2(CCCCC2)OC(O)=C1c1c(F)c(F)c([N+](=O)[O-])c(F)c1F. The minimum Gasteiger partial charge on any atom is -0.480 e. The molecule has 1 aromatic carbocycles. The second kappa shape index (κ2) is 6.15. The van der Waals surface area contributed by atoms with E-state index in [1.807, 2.05) is 0 Å². The van der Waals surface area contributed by atoms with Crippen molar-refractivity contribution in [1.82, 2.24) is 0 Å². The maximum atomic E-state index is 14.1. The topological polar surface area (TPSA) is 98.9 Å². The number of ether oxygens (including phenoxy) is 2. The molecule has 0 unspecified atom stereocenters. The fourth-order valence-corrected chi connectivity index (χ4v) is 3.06. The van der Waals surface area contributed by atoms with Gasteiger partial charge in [0.15, 0.2) is 17.2 Å². The monoisotopic (exact) mass is 377 g/mol. The first kappa shape index (κ1) is 18.0. The van der Waals surface area contributed by atoms with Crippen LogP contribution in [-0.2, 0) is 14.3 Å². The third-order valence-electron chi connectivity index (χ3n) is 4.27. The van der Waals surface area contributed by atoms with Crippen LogP contribution in [0.5, 0.6) is 0 Å². The number of benzene rings is 1. The van der Waals surface area contributed by atoms with Gasteiger partial charge in [0, 0.05) is 12.8 Å². The van der Waals surface area contributed by atoms with Crippen LogP contribution in [0.2, 0.25) is 0 Å². The van der Waals surface area contributed by atoms with Crippen molar-refractivity contribution in [2.24, 2.45) is 0 Å². The molecule has 11 heteroatoms. The molecule has 7 nitrogen and oxygen atoms in total. The Hall–Kier alpha value is -2.85. The molecule has 1 heterocycles. The van der Waals surface area contributed by atoms with Crippen molar-refractivity contribution in [3.63, 3.8) is 0 Å². The molecule has 0 saturated heterocycles. The summed E-state index contributed by atoms with van der Waals surface area (Å²) in [4.78, 5) is 21.1. The number of hydrogen-bond acceptors (Lipinski definition) is 6. The summed E-state index contributed by atoms with van der Waals surface area (Å²) < 4.78 is 66.0. The van der Waals surface area contributed by atoms with Crippen LogP contribution in [-0.4, -0.2) is 21.8 Å². The number of aliphatic hydroxyl groups excluding tert-OH is 1. The van der Waals surface area contributed by atoms with E-state index in [2.05, 4.69) is 0 Å². The summed E-state index contributed by atoms with van der Waals surface area (Å²) in [6.45, 7) is 0. The molecule has 26 heavy (non-hydrogen) atoms. The average molecular weight is 377 g/mol. The Kier molecular flexibility index (Phi) is 4.24. The lowest BCUT2D eigenvalue weighted by Gasteiger charge is -2.39. The summed E-state index contributed by atoms with van der Waals surface area (Å²) in [7, 11) is 0. The van der Waals surface area contributed by atoms with Crippen LogP contribution in [0.15, 0.2) is 5.95 Å². The largest absolute Gasteiger partial charge is 0.480 e. The summed E-state index contributed by atoms with van der Waals surface area (Å²) in [6.07, 6.45) is 2.44. The third-order valence-corrected chi connectivity index (χ3v) is 4.27. The Bertz CT molecular complexity index is 818. The molecule has 1 aliphatic carbocycles. The van der Waals surface area contributed by atoms with Crippen LogP contribution in [0.3, 0.4) is 0 Å². The number of halogens is 4. The van der Waals surface area contributed by atoms with Crippen LogP contribution in [0.25, 0.3) is 5.57 Å². The molecule has 1 N–H and O–H groups in total. The van der Waals surface area contributed by atoms with Gasteiger partial charge in [-0.15, -0.1) is 0 Å². The van der Waals surface area contributed by atoms with E-state index in [1.54, 1.807) is 0 Å². The van der Waals surface area contributed by atoms with Crippen molar-refractivity contribution in [3.05, 3.63) is 44.9 Å². The molecular formula is C15H11F4NO6. The summed E-state index contributed by atoms with van der Waals surface area (Å²) in [5.74, 6) is -13.3. The standard InChI is InChI=1S/C15H11F4NO6/c16-8-6(9(17)11(19)12(10(8)18)20(23)24)7-13(21)25-15(26-14(7)22)4-2-1-3-5-15/h21H,1-5H2. The fraction of sp³-hybridized carbons (Fsp3) is 0.400. The second-order valence-corrected chi connectivity index (χ2v) is 5.88. The van der Waals surface area contributed by atoms with E-state index < -0.39 is 62.7 Å². The first-order valence-electron chi connectivity index (χ1n) is 7.55. The highest BCUT2D eigenvalue weighted by Crippen LogP contribution is 2.42. The Morgan fingerprint density at radius 3 is 1.96 bits per heavy atom. The molecule has 1 aliphatic heterocycles. The lowest BCUT2D eigenvalue weighted by Crippen LogP contribution is -2.43. The van der Waals surface area contributed by atoms with Crippen molar-refractivity contribution >= 4 is 17.2 Å². The van der Waals surface area contributed by atoms with E-state index >= 15 is 0 Å². The van der Waals surface area contributed by atoms with E-state index in [1.165, 1.54) is 0 Å². The van der Waals surface area contributed by atoms with Gasteiger partial charge in [0.1, 0.15) is 0 Å². The maximum absolute atomic E-state index is 14.1. The van der Waals surface area contributed by atoms with E-state index in [0.717, 1.165) is 6.42 Å². The highest BCUT2D eigenvalue weighted by molar-refractivity contribution is 6.17. The zero-order valence-electron chi connectivity index (χ0n) is 13.0. The van der Waals surface area contributed by atoms with Crippen LogP contribution < -0.4 is 0 Å². The number of carbonyl (C=O) groups excluding carboxylic acids is 1. The van der Waals surface area contributed by atoms with Crippen molar-refractivity contribution in [1.29, 1.82) is 0 Å². The number of rotatable bonds is 2. The highest BCUT2D eigenvalue weighted by atomic mass is 19.2. The Balaban J connectivity index is 2.16. The molecule has 1 aromatic rings. The highest BCUT2D eigenvalue weighted by Gasteiger charge is 2.47. The number of esters is 1. The minimum absolute atomic E-state index is 0.212. The molecule has 140 valence electrons. The first-order valence-corrected chi connectivity index (χ1v) is 7.55. The Morgan fingerprint density at radius 2 is 1.50 bits per heavy atom. The summed E-state index contributed by atoms with van der Waals surface area (Å²) in [5, 5.41) is 20.5. The first-order chi connectivity index (χ1) is 12.2. The van der Waals surface area contributed by atoms with Gasteiger partial charge < -0.3 is 14.6 Å². The van der Waals surface area contributed by atoms with Gasteiger partial charge in [0.05, 0.1) is 10.5 Å². The smallest absolute Gasteiger partial charge is 0.349 e. The predicted molar refractivity (Wildman–Crippen MR) is 75.5 cm³/mol. The van der Waals surface area contributed by atoms with Crippen molar-refractivity contribution in [3.8, 4) is 0 Å². The molecule has 3 rings (SSSR count). The fourth-order valence-electron chi connectivity index (χ4n) is 3.06. The zero-order chi connectivity index (χ0) is 19.2. The quantitative estimate of drug-likeness (QED) is 0.278. The molecule has 1 spiro atoms. The zero-order valence-corrected chi connectivity index (χ0v) is 13.0. The Morgan fingerprint density at radius 1 is 0.962 bits per heavy atom. The van der Waals surface area contributed by atoms with Gasteiger partial charge in [-0.2, -0.15) is 8.78 Å². The molecule has 2 aliphatic rings. The molecule has 1 fully saturated rings. The maximum Gasteiger partial charge on any atom is 0.349 e. The number of nitro benzene ring substituents is 1. The number of nitro groups is 1. The van der Waals surface area contributed by atoms with Crippen molar-refractivity contribution in [2.75, 3.05) is 0 Å². The van der Waals surface area contributed by atoms with E-state index in [9.17, 15) is 37.6 Å². The van der Waals surface area contributed by atoms with Crippen LogP contribution in [0.1, 0.15) is 37.7 Å². The molecule has 0 atom stereocenters. The predicted octanol–water partition coefficient (Wildman–Crippen LogP) is 3.61. The van der Waals surface area contributed by atoms with Crippen molar-refractivity contribution in [2.45, 2.75) is 37.9 Å². The lowest BCUT2D eigenvalue weighted by molar-refractivity contribution is -0.390. The molecular weight excluding hydrogens is 366 g/mol. The molecule has 0 radical (unpaired) electrons. The van der Waals surface area contributed by atoms with Gasteiger partial charge in [0.2, 0.25) is 11.6 Å². The van der Waals surface area contributed by atoms with Gasteiger partial charge in [-0.25, -0.2) is 13.6 Å². The van der Waals surface area contributed by atoms with E-state index in [0.29, 0.717) is 12.8 Å².